The van der Waals surface area contributed by atoms with Crippen molar-refractivity contribution >= 4 is 5.97 Å². The van der Waals surface area contributed by atoms with Crippen LogP contribution in [0, 0.1) is 0 Å². The van der Waals surface area contributed by atoms with Crippen LogP contribution in [0.15, 0.2) is 12.2 Å². The van der Waals surface area contributed by atoms with Gasteiger partial charge in [-0.2, -0.15) is 0 Å². The molecule has 1 aliphatic heterocycles. The van der Waals surface area contributed by atoms with Crippen molar-refractivity contribution in [2.75, 3.05) is 0 Å². The van der Waals surface area contributed by atoms with Crippen LogP contribution in [0.25, 0.3) is 0 Å². The lowest BCUT2D eigenvalue weighted by atomic mass is 10.0. The summed E-state index contributed by atoms with van der Waals surface area (Å²) in [6.45, 7) is 3.42. The van der Waals surface area contributed by atoms with Crippen molar-refractivity contribution < 1.29 is 9.53 Å². The number of carbonyl (C=O) groups excluding carboxylic acids is 1. The van der Waals surface area contributed by atoms with Gasteiger partial charge in [0.05, 0.1) is 0 Å². The average molecular weight is 141 g/mol. The molecule has 3 heteroatoms. The van der Waals surface area contributed by atoms with Crippen LogP contribution in [0.1, 0.15) is 13.8 Å². The molecule has 2 N–H and O–H groups in total. The Morgan fingerprint density at radius 1 is 1.80 bits per heavy atom. The minimum atomic E-state index is -0.924. The van der Waals surface area contributed by atoms with E-state index in [0.29, 0.717) is 0 Å². The molecule has 56 valence electrons. The molecule has 2 unspecified atom stereocenters. The standard InChI is InChI=1S/C7H11NO2/c1-5-3-4-7(2,8)6(9)10-5/h3-5H,8H2,1-2H3. The lowest BCUT2D eigenvalue weighted by molar-refractivity contribution is -0.151. The third-order valence-corrected chi connectivity index (χ3v) is 1.45. The Morgan fingerprint density at radius 2 is 2.40 bits per heavy atom. The molecule has 0 aromatic rings. The van der Waals surface area contributed by atoms with Gasteiger partial charge in [0.1, 0.15) is 11.6 Å². The Balaban J connectivity index is 2.83. The molecule has 0 fully saturated rings. The van der Waals surface area contributed by atoms with Gasteiger partial charge in [0.15, 0.2) is 0 Å². The van der Waals surface area contributed by atoms with Crippen LogP contribution in [0.2, 0.25) is 0 Å². The quantitative estimate of drug-likeness (QED) is 0.387. The molecule has 0 saturated carbocycles. The summed E-state index contributed by atoms with van der Waals surface area (Å²) in [7, 11) is 0. The second-order valence-electron chi connectivity index (χ2n) is 2.75. The third kappa shape index (κ3) is 1.19. The highest BCUT2D eigenvalue weighted by molar-refractivity contribution is 5.83. The molecule has 1 aliphatic rings. The predicted molar refractivity (Wildman–Crippen MR) is 37.3 cm³/mol. The van der Waals surface area contributed by atoms with Crippen molar-refractivity contribution in [3.05, 3.63) is 12.2 Å². The highest BCUT2D eigenvalue weighted by atomic mass is 16.5. The van der Waals surface area contributed by atoms with E-state index in [1.54, 1.807) is 26.0 Å². The number of ether oxygens (including phenoxy) is 1. The summed E-state index contributed by atoms with van der Waals surface area (Å²) in [6.07, 6.45) is 3.31. The molecule has 10 heavy (non-hydrogen) atoms. The number of carbonyl (C=O) groups is 1. The van der Waals surface area contributed by atoms with E-state index < -0.39 is 5.54 Å². The molecule has 0 saturated heterocycles. The maximum atomic E-state index is 10.9. The van der Waals surface area contributed by atoms with E-state index in [0.717, 1.165) is 0 Å². The first-order valence-corrected chi connectivity index (χ1v) is 3.22. The highest BCUT2D eigenvalue weighted by Crippen LogP contribution is 2.13. The lowest BCUT2D eigenvalue weighted by Gasteiger charge is -2.25. The molecule has 0 aromatic carbocycles. The van der Waals surface area contributed by atoms with Crippen LogP contribution in [0.5, 0.6) is 0 Å². The number of esters is 1. The minimum Gasteiger partial charge on any atom is -0.457 e. The summed E-state index contributed by atoms with van der Waals surface area (Å²) in [5.41, 5.74) is 4.60. The second kappa shape index (κ2) is 2.09. The summed E-state index contributed by atoms with van der Waals surface area (Å²) < 4.78 is 4.85. The first-order valence-electron chi connectivity index (χ1n) is 3.22. The van der Waals surface area contributed by atoms with E-state index in [9.17, 15) is 4.79 Å². The summed E-state index contributed by atoms with van der Waals surface area (Å²) in [5, 5.41) is 0. The fraction of sp³-hybridized carbons (Fsp3) is 0.571. The van der Waals surface area contributed by atoms with E-state index in [1.807, 2.05) is 0 Å². The Kier molecular flexibility index (Phi) is 1.52. The van der Waals surface area contributed by atoms with Gasteiger partial charge in [0, 0.05) is 0 Å². The van der Waals surface area contributed by atoms with Crippen molar-refractivity contribution in [1.29, 1.82) is 0 Å². The Hall–Kier alpha value is -0.830. The van der Waals surface area contributed by atoms with E-state index in [4.69, 9.17) is 10.5 Å². The summed E-state index contributed by atoms with van der Waals surface area (Å²) >= 11 is 0. The molecule has 0 spiro atoms. The molecule has 0 amide bonds. The molecular weight excluding hydrogens is 130 g/mol. The van der Waals surface area contributed by atoms with Crippen LogP contribution in [0.4, 0.5) is 0 Å². The summed E-state index contributed by atoms with van der Waals surface area (Å²) in [4.78, 5) is 10.9. The summed E-state index contributed by atoms with van der Waals surface area (Å²) in [6, 6.07) is 0. The lowest BCUT2D eigenvalue weighted by Crippen LogP contribution is -2.47. The third-order valence-electron chi connectivity index (χ3n) is 1.45. The van der Waals surface area contributed by atoms with Crippen molar-refractivity contribution in [3.63, 3.8) is 0 Å². The van der Waals surface area contributed by atoms with Crippen LogP contribution in [0.3, 0.4) is 0 Å². The Bertz CT molecular complexity index is 184. The molecule has 1 rings (SSSR count). The predicted octanol–water partition coefficient (Wildman–Crippen LogP) is 0.205. The van der Waals surface area contributed by atoms with E-state index in [1.165, 1.54) is 0 Å². The van der Waals surface area contributed by atoms with Gasteiger partial charge in [-0.15, -0.1) is 0 Å². The SMILES string of the molecule is CC1C=CC(C)(N)C(=O)O1. The van der Waals surface area contributed by atoms with Crippen LogP contribution >= 0.6 is 0 Å². The number of hydrogen-bond acceptors (Lipinski definition) is 3. The van der Waals surface area contributed by atoms with E-state index >= 15 is 0 Å². The number of rotatable bonds is 0. The zero-order valence-electron chi connectivity index (χ0n) is 6.13. The molecule has 3 nitrogen and oxygen atoms in total. The van der Waals surface area contributed by atoms with Crippen LogP contribution in [-0.4, -0.2) is 17.6 Å². The summed E-state index contributed by atoms with van der Waals surface area (Å²) in [5.74, 6) is -0.359. The first kappa shape index (κ1) is 7.28. The van der Waals surface area contributed by atoms with Gasteiger partial charge in [0.2, 0.25) is 0 Å². The number of hydrogen-bond donors (Lipinski definition) is 1. The molecule has 0 radical (unpaired) electrons. The second-order valence-corrected chi connectivity index (χ2v) is 2.75. The highest BCUT2D eigenvalue weighted by Gasteiger charge is 2.31. The van der Waals surface area contributed by atoms with Crippen molar-refractivity contribution in [3.8, 4) is 0 Å². The van der Waals surface area contributed by atoms with Gasteiger partial charge in [-0.25, -0.2) is 4.79 Å². The van der Waals surface area contributed by atoms with Gasteiger partial charge in [-0.1, -0.05) is 6.08 Å². The van der Waals surface area contributed by atoms with Crippen molar-refractivity contribution in [2.45, 2.75) is 25.5 Å². The van der Waals surface area contributed by atoms with E-state index in [2.05, 4.69) is 0 Å². The average Bonchev–Trinajstić information content (AvgIpc) is 1.81. The Labute approximate surface area is 59.8 Å². The number of nitrogens with two attached hydrogens (primary N) is 1. The molecular formula is C7H11NO2. The zero-order chi connectivity index (χ0) is 7.78. The topological polar surface area (TPSA) is 52.3 Å². The largest absolute Gasteiger partial charge is 0.457 e. The normalized spacial score (nSPS) is 39.5. The van der Waals surface area contributed by atoms with Gasteiger partial charge in [0.25, 0.3) is 0 Å². The first-order chi connectivity index (χ1) is 4.52. The van der Waals surface area contributed by atoms with Crippen LogP contribution in [-0.2, 0) is 9.53 Å². The number of cyclic esters (lactones) is 1. The molecule has 1 heterocycles. The smallest absolute Gasteiger partial charge is 0.330 e. The minimum absolute atomic E-state index is 0.135. The molecule has 0 bridgehead atoms. The Morgan fingerprint density at radius 3 is 2.80 bits per heavy atom. The van der Waals surface area contributed by atoms with Gasteiger partial charge in [-0.3, -0.25) is 0 Å². The molecule has 2 atom stereocenters. The van der Waals surface area contributed by atoms with Gasteiger partial charge < -0.3 is 10.5 Å². The van der Waals surface area contributed by atoms with Gasteiger partial charge >= 0.3 is 5.97 Å². The fourth-order valence-electron chi connectivity index (χ4n) is 0.739. The van der Waals surface area contributed by atoms with Gasteiger partial charge in [-0.05, 0) is 19.9 Å². The van der Waals surface area contributed by atoms with Crippen molar-refractivity contribution in [2.24, 2.45) is 5.73 Å². The fourth-order valence-corrected chi connectivity index (χ4v) is 0.739. The molecule has 0 aromatic heterocycles. The van der Waals surface area contributed by atoms with Crippen LogP contribution < -0.4 is 5.73 Å². The molecule has 0 aliphatic carbocycles. The maximum Gasteiger partial charge on any atom is 0.330 e. The maximum absolute atomic E-state index is 10.9. The zero-order valence-corrected chi connectivity index (χ0v) is 6.13. The van der Waals surface area contributed by atoms with Crippen molar-refractivity contribution in [1.82, 2.24) is 0 Å². The van der Waals surface area contributed by atoms with E-state index in [-0.39, 0.29) is 12.1 Å². The monoisotopic (exact) mass is 141 g/mol.